The molecule has 0 spiro atoms. The van der Waals surface area contributed by atoms with E-state index in [1.54, 1.807) is 0 Å². The van der Waals surface area contributed by atoms with E-state index in [4.69, 9.17) is 20.1 Å². The van der Waals surface area contributed by atoms with Crippen LogP contribution in [0.3, 0.4) is 0 Å². The van der Waals surface area contributed by atoms with E-state index in [0.29, 0.717) is 0 Å². The van der Waals surface area contributed by atoms with Gasteiger partial charge in [0.15, 0.2) is 6.10 Å². The van der Waals surface area contributed by atoms with Crippen molar-refractivity contribution in [3.63, 3.8) is 0 Å². The number of hydrogen-bond donors (Lipinski definition) is 10. The summed E-state index contributed by atoms with van der Waals surface area (Å²) in [5, 5.41) is 94.0. The van der Waals surface area contributed by atoms with Crippen LogP contribution in [0.15, 0.2) is 0 Å². The normalized spacial score (nSPS) is 34.0. The molecular formula is C14H24O15. The Bertz CT molecular complexity index is 557. The maximum Gasteiger partial charge on any atom is 0.386 e. The highest BCUT2D eigenvalue weighted by Gasteiger charge is 2.53. The molecule has 29 heavy (non-hydrogen) atoms. The number of carbonyl (C=O) groups excluding carboxylic acids is 2. The van der Waals surface area contributed by atoms with Crippen molar-refractivity contribution in [3.05, 3.63) is 0 Å². The maximum atomic E-state index is 11.7. The van der Waals surface area contributed by atoms with Crippen molar-refractivity contribution in [1.29, 1.82) is 0 Å². The van der Waals surface area contributed by atoms with Gasteiger partial charge in [-0.3, -0.25) is 0 Å². The van der Waals surface area contributed by atoms with Crippen molar-refractivity contribution in [2.45, 2.75) is 61.0 Å². The van der Waals surface area contributed by atoms with Crippen LogP contribution in [0.1, 0.15) is 6.42 Å². The van der Waals surface area contributed by atoms with Gasteiger partial charge in [0.2, 0.25) is 5.79 Å². The van der Waals surface area contributed by atoms with Gasteiger partial charge in [-0.15, -0.1) is 0 Å². The standard InChI is InChI=1S/C14H24O15/c15-2-4(17)7(19)9(21)11(23)13(25)29-28-6(18)1-5-8(20)10(22)12(24)14(26,3-16)27-5/h4-5,7-12,15-17,19-24,26H,1-3H2/t4?,5?,7?,8-,9?,10-,11?,12+,14+/m1/s1. The van der Waals surface area contributed by atoms with Crippen LogP contribution in [0.2, 0.25) is 0 Å². The monoisotopic (exact) mass is 432 g/mol. The molecule has 15 heteroatoms. The molecule has 170 valence electrons. The number of hydrogen-bond acceptors (Lipinski definition) is 15. The first-order valence-corrected chi connectivity index (χ1v) is 8.19. The van der Waals surface area contributed by atoms with Gasteiger partial charge in [0, 0.05) is 0 Å². The topological polar surface area (TPSA) is 264 Å². The fraction of sp³-hybridized carbons (Fsp3) is 0.857. The van der Waals surface area contributed by atoms with Gasteiger partial charge < -0.3 is 55.8 Å². The van der Waals surface area contributed by atoms with Crippen LogP contribution in [-0.4, -0.2) is 131 Å². The van der Waals surface area contributed by atoms with Crippen molar-refractivity contribution >= 4 is 11.9 Å². The highest BCUT2D eigenvalue weighted by molar-refractivity contribution is 5.76. The van der Waals surface area contributed by atoms with Gasteiger partial charge in [0.25, 0.3) is 0 Å². The second-order valence-corrected chi connectivity index (χ2v) is 6.32. The molecule has 1 saturated heterocycles. The lowest BCUT2D eigenvalue weighted by Crippen LogP contribution is -2.66. The minimum absolute atomic E-state index is 0.967. The first-order chi connectivity index (χ1) is 13.4. The van der Waals surface area contributed by atoms with Crippen LogP contribution in [0.4, 0.5) is 0 Å². The van der Waals surface area contributed by atoms with Gasteiger partial charge in [-0.1, -0.05) is 0 Å². The summed E-state index contributed by atoms with van der Waals surface area (Å²) in [6, 6.07) is 0. The summed E-state index contributed by atoms with van der Waals surface area (Å²) in [5.74, 6) is -5.92. The summed E-state index contributed by atoms with van der Waals surface area (Å²) < 4.78 is 4.78. The Morgan fingerprint density at radius 1 is 0.966 bits per heavy atom. The molecule has 1 heterocycles. The molecular weight excluding hydrogens is 408 g/mol. The Kier molecular flexibility index (Phi) is 9.25. The first kappa shape index (κ1) is 25.5. The van der Waals surface area contributed by atoms with Crippen LogP contribution < -0.4 is 0 Å². The Morgan fingerprint density at radius 3 is 2.07 bits per heavy atom. The van der Waals surface area contributed by atoms with Gasteiger partial charge in [-0.25, -0.2) is 19.4 Å². The van der Waals surface area contributed by atoms with Crippen molar-refractivity contribution in [3.8, 4) is 0 Å². The Morgan fingerprint density at radius 2 is 1.55 bits per heavy atom. The molecule has 0 saturated carbocycles. The van der Waals surface area contributed by atoms with Crippen molar-refractivity contribution in [2.75, 3.05) is 13.2 Å². The number of rotatable bonds is 8. The molecule has 1 rings (SSSR count). The zero-order chi connectivity index (χ0) is 22.5. The van der Waals surface area contributed by atoms with Crippen LogP contribution >= 0.6 is 0 Å². The second kappa shape index (κ2) is 10.5. The van der Waals surface area contributed by atoms with Gasteiger partial charge >= 0.3 is 11.9 Å². The average Bonchev–Trinajstić information content (AvgIpc) is 2.71. The molecule has 1 aliphatic heterocycles. The molecule has 1 aliphatic rings. The highest BCUT2D eigenvalue weighted by atomic mass is 17.2. The molecule has 0 amide bonds. The third kappa shape index (κ3) is 6.00. The zero-order valence-corrected chi connectivity index (χ0v) is 14.8. The molecule has 0 aromatic heterocycles. The average molecular weight is 432 g/mol. The molecule has 0 aromatic rings. The lowest BCUT2D eigenvalue weighted by molar-refractivity contribution is -0.356. The summed E-state index contributed by atoms with van der Waals surface area (Å²) in [4.78, 5) is 31.2. The van der Waals surface area contributed by atoms with Crippen LogP contribution in [0, 0.1) is 0 Å². The number of carbonyl (C=O) groups is 2. The Hall–Kier alpha value is -1.50. The van der Waals surface area contributed by atoms with Crippen molar-refractivity contribution in [2.24, 2.45) is 0 Å². The largest absolute Gasteiger partial charge is 0.394 e. The van der Waals surface area contributed by atoms with E-state index in [2.05, 4.69) is 9.78 Å². The van der Waals surface area contributed by atoms with Crippen molar-refractivity contribution < 1.29 is 75.2 Å². The Labute approximate surface area is 162 Å². The van der Waals surface area contributed by atoms with E-state index in [1.165, 1.54) is 0 Å². The zero-order valence-electron chi connectivity index (χ0n) is 14.8. The highest BCUT2D eigenvalue weighted by Crippen LogP contribution is 2.29. The molecule has 0 radical (unpaired) electrons. The molecule has 15 nitrogen and oxygen atoms in total. The third-order valence-electron chi connectivity index (χ3n) is 4.18. The summed E-state index contributed by atoms with van der Waals surface area (Å²) in [7, 11) is 0. The SMILES string of the molecule is O=C(CC1O[C@@](O)(CO)[C@@H](O)[C@H](O)[C@@H]1O)OOC(=O)C(O)C(O)C(O)C(O)CO. The predicted octanol–water partition coefficient (Wildman–Crippen LogP) is -7.02. The van der Waals surface area contributed by atoms with Gasteiger partial charge in [-0.2, -0.15) is 0 Å². The summed E-state index contributed by atoms with van der Waals surface area (Å²) in [5.41, 5.74) is 0. The predicted molar refractivity (Wildman–Crippen MR) is 82.8 cm³/mol. The minimum Gasteiger partial charge on any atom is -0.394 e. The number of ether oxygens (including phenoxy) is 1. The van der Waals surface area contributed by atoms with Gasteiger partial charge in [-0.05, 0) is 0 Å². The minimum atomic E-state index is -2.70. The molecule has 0 bridgehead atoms. The smallest absolute Gasteiger partial charge is 0.386 e. The number of aliphatic hydroxyl groups excluding tert-OH is 9. The molecule has 1 fully saturated rings. The fourth-order valence-electron chi connectivity index (χ4n) is 2.37. The van der Waals surface area contributed by atoms with Crippen molar-refractivity contribution in [1.82, 2.24) is 0 Å². The van der Waals surface area contributed by atoms with E-state index in [-0.39, 0.29) is 0 Å². The molecule has 0 aliphatic carbocycles. The lowest BCUT2D eigenvalue weighted by atomic mass is 9.91. The van der Waals surface area contributed by atoms with E-state index in [9.17, 15) is 45.3 Å². The van der Waals surface area contributed by atoms with Crippen LogP contribution in [0.25, 0.3) is 0 Å². The molecule has 10 N–H and O–H groups in total. The number of aliphatic hydroxyl groups is 10. The van der Waals surface area contributed by atoms with Gasteiger partial charge in [0.05, 0.1) is 19.6 Å². The summed E-state index contributed by atoms with van der Waals surface area (Å²) in [6.07, 6.45) is -17.6. The third-order valence-corrected chi connectivity index (χ3v) is 4.18. The molecule has 9 atom stereocenters. The summed E-state index contributed by atoms with van der Waals surface area (Å²) >= 11 is 0. The van der Waals surface area contributed by atoms with Gasteiger partial charge in [0.1, 0.15) is 42.7 Å². The van der Waals surface area contributed by atoms with E-state index < -0.39 is 86.2 Å². The second-order valence-electron chi connectivity index (χ2n) is 6.32. The van der Waals surface area contributed by atoms with Crippen LogP contribution in [-0.2, 0) is 24.1 Å². The van der Waals surface area contributed by atoms with Crippen LogP contribution in [0.5, 0.6) is 0 Å². The fourth-order valence-corrected chi connectivity index (χ4v) is 2.37. The lowest BCUT2D eigenvalue weighted by Gasteiger charge is -2.44. The van der Waals surface area contributed by atoms with E-state index in [0.717, 1.165) is 0 Å². The maximum absolute atomic E-state index is 11.7. The quantitative estimate of drug-likeness (QED) is 0.126. The first-order valence-electron chi connectivity index (χ1n) is 8.19. The molecule has 0 aromatic carbocycles. The van der Waals surface area contributed by atoms with E-state index >= 15 is 0 Å². The van der Waals surface area contributed by atoms with E-state index in [1.807, 2.05) is 0 Å². The summed E-state index contributed by atoms with van der Waals surface area (Å²) in [6.45, 7) is -2.20. The molecule has 5 unspecified atom stereocenters. The Balaban J connectivity index is 2.61.